The molecular formula is C20H24O3. The smallest absolute Gasteiger partial charge is 0.253 e. The molecule has 0 amide bonds. The highest BCUT2D eigenvalue weighted by atomic mass is 16.7. The lowest BCUT2D eigenvalue weighted by Gasteiger charge is -2.46. The van der Waals surface area contributed by atoms with Crippen LogP contribution in [0.2, 0.25) is 0 Å². The summed E-state index contributed by atoms with van der Waals surface area (Å²) in [5, 5.41) is 0. The first-order valence-electron chi connectivity index (χ1n) is 9.07. The van der Waals surface area contributed by atoms with Crippen molar-refractivity contribution in [1.82, 2.24) is 0 Å². The van der Waals surface area contributed by atoms with Crippen molar-refractivity contribution in [3.05, 3.63) is 35.3 Å². The molecule has 3 atom stereocenters. The first kappa shape index (κ1) is 13.9. The number of allylic oxidation sites excluding steroid dienone is 3. The second-order valence-corrected chi connectivity index (χ2v) is 8.17. The van der Waals surface area contributed by atoms with Gasteiger partial charge in [0.2, 0.25) is 0 Å². The van der Waals surface area contributed by atoms with E-state index in [4.69, 9.17) is 9.47 Å². The maximum Gasteiger partial charge on any atom is 0.253 e. The number of carbonyl (C=O) groups excluding carboxylic acids is 1. The van der Waals surface area contributed by atoms with Gasteiger partial charge in [0.15, 0.2) is 0 Å². The van der Waals surface area contributed by atoms with E-state index < -0.39 is 5.79 Å². The molecule has 0 N–H and O–H groups in total. The molecule has 122 valence electrons. The first-order valence-corrected chi connectivity index (χ1v) is 9.07. The largest absolute Gasteiger partial charge is 0.456 e. The number of ketones is 1. The third-order valence-corrected chi connectivity index (χ3v) is 7.16. The van der Waals surface area contributed by atoms with E-state index >= 15 is 0 Å². The lowest BCUT2D eigenvalue weighted by molar-refractivity contribution is -0.149. The fourth-order valence-electron chi connectivity index (χ4n) is 5.86. The van der Waals surface area contributed by atoms with Gasteiger partial charge in [0, 0.05) is 24.7 Å². The Hall–Kier alpha value is -1.51. The number of ether oxygens (including phenoxy) is 2. The van der Waals surface area contributed by atoms with E-state index in [1.807, 2.05) is 0 Å². The predicted octanol–water partition coefficient (Wildman–Crippen LogP) is 4.41. The van der Waals surface area contributed by atoms with Crippen molar-refractivity contribution in [2.45, 2.75) is 64.1 Å². The van der Waals surface area contributed by atoms with E-state index in [1.165, 1.54) is 12.0 Å². The Morgan fingerprint density at radius 1 is 1.13 bits per heavy atom. The van der Waals surface area contributed by atoms with Gasteiger partial charge in [-0.15, -0.1) is 0 Å². The lowest BCUT2D eigenvalue weighted by atomic mass is 9.58. The number of hydrogen-bond donors (Lipinski definition) is 0. The zero-order chi connectivity index (χ0) is 15.7. The van der Waals surface area contributed by atoms with Gasteiger partial charge in [0.1, 0.15) is 18.3 Å². The molecule has 5 aliphatic rings. The van der Waals surface area contributed by atoms with E-state index in [-0.39, 0.29) is 5.41 Å². The summed E-state index contributed by atoms with van der Waals surface area (Å²) in [7, 11) is 0. The van der Waals surface area contributed by atoms with Crippen LogP contribution in [0.5, 0.6) is 0 Å². The van der Waals surface area contributed by atoms with Crippen LogP contribution in [0.15, 0.2) is 35.3 Å². The topological polar surface area (TPSA) is 35.5 Å². The van der Waals surface area contributed by atoms with Gasteiger partial charge in [-0.25, -0.2) is 0 Å². The molecule has 23 heavy (non-hydrogen) atoms. The Balaban J connectivity index is 1.49. The van der Waals surface area contributed by atoms with Crippen LogP contribution in [0.25, 0.3) is 0 Å². The molecule has 1 heterocycles. The van der Waals surface area contributed by atoms with E-state index in [9.17, 15) is 4.79 Å². The summed E-state index contributed by atoms with van der Waals surface area (Å²) in [6, 6.07) is 0. The van der Waals surface area contributed by atoms with Crippen LogP contribution in [0.4, 0.5) is 0 Å². The third-order valence-electron chi connectivity index (χ3n) is 7.16. The molecule has 0 unspecified atom stereocenters. The monoisotopic (exact) mass is 312 g/mol. The Kier molecular flexibility index (Phi) is 2.73. The van der Waals surface area contributed by atoms with E-state index in [1.54, 1.807) is 23.7 Å². The van der Waals surface area contributed by atoms with Crippen molar-refractivity contribution >= 4 is 5.78 Å². The van der Waals surface area contributed by atoms with Gasteiger partial charge in [0.25, 0.3) is 5.79 Å². The second-order valence-electron chi connectivity index (χ2n) is 8.17. The van der Waals surface area contributed by atoms with Crippen molar-refractivity contribution in [2.75, 3.05) is 0 Å². The van der Waals surface area contributed by atoms with Gasteiger partial charge in [-0.1, -0.05) is 18.6 Å². The minimum atomic E-state index is -0.418. The van der Waals surface area contributed by atoms with E-state index in [0.717, 1.165) is 44.9 Å². The molecular weight excluding hydrogens is 288 g/mol. The number of rotatable bonds is 0. The zero-order valence-electron chi connectivity index (χ0n) is 13.8. The van der Waals surface area contributed by atoms with Gasteiger partial charge < -0.3 is 9.47 Å². The maximum atomic E-state index is 12.4. The molecule has 0 radical (unpaired) electrons. The molecule has 3 heteroatoms. The molecule has 0 saturated heterocycles. The molecule has 4 aliphatic carbocycles. The van der Waals surface area contributed by atoms with Gasteiger partial charge in [0.05, 0.1) is 0 Å². The quantitative estimate of drug-likeness (QED) is 0.665. The summed E-state index contributed by atoms with van der Waals surface area (Å²) in [6.45, 7) is 2.21. The molecule has 1 fully saturated rings. The molecule has 1 aliphatic heterocycles. The fraction of sp³-hybridized carbons (Fsp3) is 0.650. The fourth-order valence-corrected chi connectivity index (χ4v) is 5.86. The van der Waals surface area contributed by atoms with Crippen molar-refractivity contribution < 1.29 is 14.3 Å². The molecule has 0 bridgehead atoms. The minimum absolute atomic E-state index is 0.0796. The van der Waals surface area contributed by atoms with Gasteiger partial charge in [-0.05, 0) is 55.1 Å². The SMILES string of the molecule is C[C@]12CC=C3C4=C(CC[C@H]3[C@@H]1CCC2=O)CC1(CC4)OC=CO1. The zero-order valence-corrected chi connectivity index (χ0v) is 13.8. The predicted molar refractivity (Wildman–Crippen MR) is 86.2 cm³/mol. The van der Waals surface area contributed by atoms with Crippen molar-refractivity contribution in [3.63, 3.8) is 0 Å². The van der Waals surface area contributed by atoms with Crippen molar-refractivity contribution in [1.29, 1.82) is 0 Å². The van der Waals surface area contributed by atoms with Crippen LogP contribution >= 0.6 is 0 Å². The van der Waals surface area contributed by atoms with Crippen LogP contribution in [-0.4, -0.2) is 11.6 Å². The third kappa shape index (κ3) is 1.79. The van der Waals surface area contributed by atoms with E-state index in [0.29, 0.717) is 17.6 Å². The van der Waals surface area contributed by atoms with Crippen LogP contribution in [-0.2, 0) is 14.3 Å². The lowest BCUT2D eigenvalue weighted by Crippen LogP contribution is -2.41. The standard InChI is InChI=1S/C20H24O3/c1-19-8-6-15-14-7-9-20(22-10-11-23-20)12-13(14)2-3-16(15)17(19)4-5-18(19)21/h6,10-11,16-17H,2-5,7-9,12H2,1H3/t16-,17+,19+/m1/s1. The highest BCUT2D eigenvalue weighted by Crippen LogP contribution is 2.58. The van der Waals surface area contributed by atoms with E-state index in [2.05, 4.69) is 13.0 Å². The Morgan fingerprint density at radius 2 is 1.96 bits per heavy atom. The maximum absolute atomic E-state index is 12.4. The number of Topliss-reactive ketones (excluding diaryl/α,β-unsaturated/α-hetero) is 1. The highest BCUT2D eigenvalue weighted by molar-refractivity contribution is 5.87. The molecule has 3 nitrogen and oxygen atoms in total. The first-order chi connectivity index (χ1) is 11.1. The Labute approximate surface area is 137 Å². The minimum Gasteiger partial charge on any atom is -0.456 e. The second kappa shape index (κ2) is 4.52. The van der Waals surface area contributed by atoms with Crippen molar-refractivity contribution in [2.24, 2.45) is 17.3 Å². The summed E-state index contributed by atoms with van der Waals surface area (Å²) >= 11 is 0. The summed E-state index contributed by atoms with van der Waals surface area (Å²) < 4.78 is 11.5. The van der Waals surface area contributed by atoms with Gasteiger partial charge in [-0.3, -0.25) is 4.79 Å². The Bertz CT molecular complexity index is 660. The number of hydrogen-bond acceptors (Lipinski definition) is 3. The molecule has 1 spiro atoms. The number of fused-ring (bicyclic) bond motifs is 4. The van der Waals surface area contributed by atoms with Gasteiger partial charge >= 0.3 is 0 Å². The summed E-state index contributed by atoms with van der Waals surface area (Å²) in [5.41, 5.74) is 4.61. The van der Waals surface area contributed by atoms with Crippen LogP contribution in [0.1, 0.15) is 58.3 Å². The van der Waals surface area contributed by atoms with Crippen LogP contribution in [0.3, 0.4) is 0 Å². The molecule has 5 rings (SSSR count). The average Bonchev–Trinajstić information content (AvgIpc) is 3.12. The molecule has 1 saturated carbocycles. The van der Waals surface area contributed by atoms with Crippen molar-refractivity contribution in [3.8, 4) is 0 Å². The molecule has 0 aromatic rings. The number of carbonyl (C=O) groups is 1. The molecule has 0 aromatic carbocycles. The summed E-state index contributed by atoms with van der Waals surface area (Å²) in [5.74, 6) is 1.26. The molecule has 0 aromatic heterocycles. The highest BCUT2D eigenvalue weighted by Gasteiger charge is 2.53. The van der Waals surface area contributed by atoms with Gasteiger partial charge in [-0.2, -0.15) is 0 Å². The normalized spacial score (nSPS) is 40.2. The van der Waals surface area contributed by atoms with Crippen LogP contribution < -0.4 is 0 Å². The summed E-state index contributed by atoms with van der Waals surface area (Å²) in [4.78, 5) is 12.4. The summed E-state index contributed by atoms with van der Waals surface area (Å²) in [6.07, 6.45) is 13.8. The average molecular weight is 312 g/mol. The van der Waals surface area contributed by atoms with Crippen LogP contribution in [0, 0.1) is 17.3 Å². The Morgan fingerprint density at radius 3 is 2.78 bits per heavy atom.